The number of hydrogen-bond donors (Lipinski definition) is 1. The van der Waals surface area contributed by atoms with E-state index in [4.69, 9.17) is 0 Å². The fraction of sp³-hybridized carbons (Fsp3) is 0.364. The third kappa shape index (κ3) is 4.94. The van der Waals surface area contributed by atoms with E-state index < -0.39 is 0 Å². The smallest absolute Gasteiger partial charge is 0.229 e. The summed E-state index contributed by atoms with van der Waals surface area (Å²) in [5.41, 5.74) is 1.49. The van der Waals surface area contributed by atoms with Crippen LogP contribution in [0.2, 0.25) is 0 Å². The molecule has 0 fully saturated rings. The van der Waals surface area contributed by atoms with Crippen molar-refractivity contribution in [3.8, 4) is 0 Å². The highest BCUT2D eigenvalue weighted by molar-refractivity contribution is 7.22. The predicted octanol–water partition coefficient (Wildman–Crippen LogP) is 3.33. The number of benzene rings is 2. The van der Waals surface area contributed by atoms with Crippen molar-refractivity contribution in [3.63, 3.8) is 0 Å². The van der Waals surface area contributed by atoms with Gasteiger partial charge >= 0.3 is 0 Å². The van der Waals surface area contributed by atoms with Crippen LogP contribution in [0, 0.1) is 5.82 Å². The van der Waals surface area contributed by atoms with Crippen molar-refractivity contribution in [2.45, 2.75) is 26.7 Å². The summed E-state index contributed by atoms with van der Waals surface area (Å²) in [5.74, 6) is -0.305. The summed E-state index contributed by atoms with van der Waals surface area (Å²) < 4.78 is 14.9. The lowest BCUT2D eigenvalue weighted by Gasteiger charge is -2.23. The van der Waals surface area contributed by atoms with Crippen molar-refractivity contribution in [2.75, 3.05) is 31.1 Å². The highest BCUT2D eigenvalue weighted by atomic mass is 32.1. The highest BCUT2D eigenvalue weighted by Crippen LogP contribution is 2.30. The third-order valence-electron chi connectivity index (χ3n) is 5.05. The first-order chi connectivity index (χ1) is 13.6. The molecule has 0 aliphatic rings. The lowest BCUT2D eigenvalue weighted by molar-refractivity contribution is -0.894. The Morgan fingerprint density at radius 1 is 1.11 bits per heavy atom. The molecule has 0 spiro atoms. The van der Waals surface area contributed by atoms with Crippen LogP contribution in [0.3, 0.4) is 0 Å². The zero-order chi connectivity index (χ0) is 19.9. The number of fused-ring (bicyclic) bond motifs is 1. The number of halogens is 1. The van der Waals surface area contributed by atoms with Gasteiger partial charge in [0.25, 0.3) is 0 Å². The van der Waals surface area contributed by atoms with Crippen LogP contribution in [-0.2, 0) is 11.2 Å². The summed E-state index contributed by atoms with van der Waals surface area (Å²) in [4.78, 5) is 20.7. The van der Waals surface area contributed by atoms with Crippen LogP contribution in [-0.4, -0.2) is 37.1 Å². The summed E-state index contributed by atoms with van der Waals surface area (Å²) >= 11 is 1.38. The molecule has 1 aromatic heterocycles. The lowest BCUT2D eigenvalue weighted by Crippen LogP contribution is -3.12. The number of carbonyl (C=O) groups is 1. The minimum absolute atomic E-state index is 0.0369. The van der Waals surface area contributed by atoms with Crippen LogP contribution >= 0.6 is 11.3 Å². The van der Waals surface area contributed by atoms with E-state index in [-0.39, 0.29) is 11.7 Å². The molecule has 2 aromatic carbocycles. The molecule has 0 radical (unpaired) electrons. The molecule has 1 heterocycles. The van der Waals surface area contributed by atoms with Crippen molar-refractivity contribution >= 4 is 32.6 Å². The number of aryl methyl sites for hydroxylation is 1. The fourth-order valence-corrected chi connectivity index (χ4v) is 4.27. The largest absolute Gasteiger partial charge is 0.334 e. The first-order valence-electron chi connectivity index (χ1n) is 9.85. The van der Waals surface area contributed by atoms with E-state index >= 15 is 0 Å². The Bertz CT molecular complexity index is 909. The Morgan fingerprint density at radius 3 is 2.54 bits per heavy atom. The molecule has 148 valence electrons. The number of carbonyl (C=O) groups excluding carboxylic acids is 1. The Balaban J connectivity index is 1.80. The summed E-state index contributed by atoms with van der Waals surface area (Å²) in [6.07, 6.45) is 1.10. The van der Waals surface area contributed by atoms with Gasteiger partial charge < -0.3 is 4.90 Å². The van der Waals surface area contributed by atoms with E-state index in [0.29, 0.717) is 30.0 Å². The average Bonchev–Trinajstić information content (AvgIpc) is 3.15. The van der Waals surface area contributed by atoms with E-state index in [0.717, 1.165) is 29.9 Å². The fourth-order valence-electron chi connectivity index (χ4n) is 3.25. The number of likely N-dealkylation sites (N-methyl/N-ethyl adjacent to an activating group) is 1. The number of amides is 1. The number of nitrogens with one attached hydrogen (secondary N) is 1. The van der Waals surface area contributed by atoms with Crippen LogP contribution in [0.15, 0.2) is 48.5 Å². The second kappa shape index (κ2) is 9.75. The zero-order valence-electron chi connectivity index (χ0n) is 16.5. The van der Waals surface area contributed by atoms with Gasteiger partial charge in [-0.3, -0.25) is 9.69 Å². The van der Waals surface area contributed by atoms with Gasteiger partial charge in [0.1, 0.15) is 11.3 Å². The van der Waals surface area contributed by atoms with E-state index in [2.05, 4.69) is 18.8 Å². The molecule has 6 heteroatoms. The average molecular weight is 401 g/mol. The first kappa shape index (κ1) is 20.4. The van der Waals surface area contributed by atoms with Crippen molar-refractivity contribution in [3.05, 3.63) is 59.9 Å². The van der Waals surface area contributed by atoms with Crippen molar-refractivity contribution in [2.24, 2.45) is 0 Å². The van der Waals surface area contributed by atoms with Crippen molar-refractivity contribution < 1.29 is 14.1 Å². The molecule has 0 aliphatic heterocycles. The molecule has 4 nitrogen and oxygen atoms in total. The highest BCUT2D eigenvalue weighted by Gasteiger charge is 2.22. The standard InChI is InChI=1S/C22H26FN3OS/c1-3-25(4-2)15-16-26(20(27)14-13-17-9-6-5-7-10-17)22-24-21-18(23)11-8-12-19(21)28-22/h5-12H,3-4,13-16H2,1-2H3/p+1. The van der Waals surface area contributed by atoms with Gasteiger partial charge in [-0.1, -0.05) is 47.7 Å². The third-order valence-corrected chi connectivity index (χ3v) is 6.09. The molecule has 3 aromatic rings. The molecule has 0 unspecified atom stereocenters. The minimum Gasteiger partial charge on any atom is -0.334 e. The number of thiazole rings is 1. The number of aromatic nitrogens is 1. The molecule has 3 rings (SSSR count). The Hall–Kier alpha value is -2.31. The van der Waals surface area contributed by atoms with Crippen molar-refractivity contribution in [1.82, 2.24) is 4.98 Å². The number of rotatable bonds is 9. The maximum atomic E-state index is 14.1. The summed E-state index contributed by atoms with van der Waals surface area (Å²) in [6.45, 7) is 7.75. The molecular weight excluding hydrogens is 373 g/mol. The normalized spacial score (nSPS) is 11.3. The maximum Gasteiger partial charge on any atom is 0.229 e. The van der Waals surface area contributed by atoms with Gasteiger partial charge in [-0.15, -0.1) is 0 Å². The molecule has 0 bridgehead atoms. The van der Waals surface area contributed by atoms with E-state index in [1.807, 2.05) is 36.4 Å². The van der Waals surface area contributed by atoms with E-state index in [9.17, 15) is 9.18 Å². The lowest BCUT2D eigenvalue weighted by atomic mass is 10.1. The van der Waals surface area contributed by atoms with Crippen molar-refractivity contribution in [1.29, 1.82) is 0 Å². The maximum absolute atomic E-state index is 14.1. The number of hydrogen-bond acceptors (Lipinski definition) is 3. The topological polar surface area (TPSA) is 37.6 Å². The zero-order valence-corrected chi connectivity index (χ0v) is 17.3. The molecule has 28 heavy (non-hydrogen) atoms. The van der Waals surface area contributed by atoms with Crippen LogP contribution < -0.4 is 9.80 Å². The van der Waals surface area contributed by atoms with Crippen LogP contribution in [0.5, 0.6) is 0 Å². The van der Waals surface area contributed by atoms with Crippen LogP contribution in [0.4, 0.5) is 9.52 Å². The Kier molecular flexibility index (Phi) is 7.12. The number of nitrogens with zero attached hydrogens (tertiary/aromatic N) is 2. The molecule has 0 saturated carbocycles. The predicted molar refractivity (Wildman–Crippen MR) is 114 cm³/mol. The Labute approximate surface area is 169 Å². The quantitative estimate of drug-likeness (QED) is 0.598. The summed E-state index contributed by atoms with van der Waals surface area (Å²) in [5, 5.41) is 0.588. The molecular formula is C22H27FN3OS+. The monoisotopic (exact) mass is 400 g/mol. The molecule has 1 amide bonds. The van der Waals surface area contributed by atoms with E-state index in [1.165, 1.54) is 22.3 Å². The molecule has 0 atom stereocenters. The SMILES string of the molecule is CC[NH+](CC)CCN(C(=O)CCc1ccccc1)c1nc2c(F)cccc2s1. The minimum atomic E-state index is -0.342. The van der Waals surface area contributed by atoms with Gasteiger partial charge in [0, 0.05) is 6.42 Å². The Morgan fingerprint density at radius 2 is 1.86 bits per heavy atom. The van der Waals surface area contributed by atoms with Gasteiger partial charge in [-0.2, -0.15) is 0 Å². The van der Waals surface area contributed by atoms with Gasteiger partial charge in [0.15, 0.2) is 5.13 Å². The van der Waals surface area contributed by atoms with Gasteiger partial charge in [-0.05, 0) is 38.0 Å². The van der Waals surface area contributed by atoms with Crippen LogP contribution in [0.1, 0.15) is 25.8 Å². The summed E-state index contributed by atoms with van der Waals surface area (Å²) in [6, 6.07) is 14.9. The molecule has 0 saturated heterocycles. The molecule has 1 N–H and O–H groups in total. The van der Waals surface area contributed by atoms with Gasteiger partial charge in [0.2, 0.25) is 5.91 Å². The van der Waals surface area contributed by atoms with Crippen LogP contribution in [0.25, 0.3) is 10.2 Å². The molecule has 0 aliphatic carbocycles. The second-order valence-corrected chi connectivity index (χ2v) is 7.83. The second-order valence-electron chi connectivity index (χ2n) is 6.82. The summed E-state index contributed by atoms with van der Waals surface area (Å²) in [7, 11) is 0. The van der Waals surface area contributed by atoms with Gasteiger partial charge in [0.05, 0.1) is 30.9 Å². The number of anilines is 1. The number of quaternary nitrogens is 1. The van der Waals surface area contributed by atoms with E-state index in [1.54, 1.807) is 11.0 Å². The first-order valence-corrected chi connectivity index (χ1v) is 10.7. The van der Waals surface area contributed by atoms with Gasteiger partial charge in [-0.25, -0.2) is 9.37 Å². The number of para-hydroxylation sites is 1.